The molecule has 25 heavy (non-hydrogen) atoms. The van der Waals surface area contributed by atoms with Crippen molar-refractivity contribution in [1.29, 1.82) is 0 Å². The third-order valence-electron chi connectivity index (χ3n) is 2.93. The van der Waals surface area contributed by atoms with Crippen LogP contribution in [0.3, 0.4) is 0 Å². The molecule has 0 atom stereocenters. The molecule has 2 N–H and O–H groups in total. The number of rotatable bonds is 9. The van der Waals surface area contributed by atoms with Crippen molar-refractivity contribution in [3.8, 4) is 11.5 Å². The fraction of sp³-hybridized carbons (Fsp3) is 0.438. The van der Waals surface area contributed by atoms with E-state index in [-0.39, 0.29) is 0 Å². The van der Waals surface area contributed by atoms with E-state index in [4.69, 9.17) is 25.8 Å². The molecule has 0 aliphatic rings. The molecule has 138 valence electrons. The van der Waals surface area contributed by atoms with Gasteiger partial charge in [-0.2, -0.15) is 5.10 Å². The van der Waals surface area contributed by atoms with Gasteiger partial charge in [-0.1, -0.05) is 11.6 Å². The molecule has 0 aromatic heterocycles. The lowest BCUT2D eigenvalue weighted by Crippen LogP contribution is -2.38. The molecular formula is C16H22ClN3O5. The van der Waals surface area contributed by atoms with Crippen LogP contribution in [0.4, 0.5) is 0 Å². The average molecular weight is 372 g/mol. The zero-order valence-corrected chi connectivity index (χ0v) is 15.2. The minimum atomic E-state index is -0.863. The van der Waals surface area contributed by atoms with E-state index in [9.17, 15) is 9.59 Å². The monoisotopic (exact) mass is 371 g/mol. The molecule has 0 fully saturated rings. The van der Waals surface area contributed by atoms with Crippen LogP contribution < -0.4 is 20.2 Å². The molecule has 1 rings (SSSR count). The maximum Gasteiger partial charge on any atom is 0.329 e. The normalized spacial score (nSPS) is 10.6. The molecule has 0 heterocycles. The van der Waals surface area contributed by atoms with Crippen LogP contribution in [0.1, 0.15) is 18.9 Å². The van der Waals surface area contributed by atoms with Gasteiger partial charge in [0.05, 0.1) is 25.0 Å². The number of amides is 2. The van der Waals surface area contributed by atoms with Gasteiger partial charge in [-0.25, -0.2) is 5.43 Å². The van der Waals surface area contributed by atoms with E-state index in [0.717, 1.165) is 0 Å². The predicted molar refractivity (Wildman–Crippen MR) is 94.4 cm³/mol. The molecule has 8 nitrogen and oxygen atoms in total. The van der Waals surface area contributed by atoms with Crippen molar-refractivity contribution in [1.82, 2.24) is 10.7 Å². The first-order valence-corrected chi connectivity index (χ1v) is 8.01. The maximum absolute atomic E-state index is 11.6. The summed E-state index contributed by atoms with van der Waals surface area (Å²) in [5.74, 6) is -0.754. The Hall–Kier alpha value is -2.32. The van der Waals surface area contributed by atoms with Gasteiger partial charge in [-0.3, -0.25) is 9.59 Å². The van der Waals surface area contributed by atoms with Gasteiger partial charge in [0.2, 0.25) is 0 Å². The predicted octanol–water partition coefficient (Wildman–Crippen LogP) is 1.35. The second kappa shape index (κ2) is 11.3. The smallest absolute Gasteiger partial charge is 0.329 e. The van der Waals surface area contributed by atoms with Crippen LogP contribution in [0.5, 0.6) is 11.5 Å². The summed E-state index contributed by atoms with van der Waals surface area (Å²) in [6.07, 6.45) is 1.97. The number of halogens is 1. The Kier molecular flexibility index (Phi) is 9.34. The van der Waals surface area contributed by atoms with Crippen LogP contribution in [0.15, 0.2) is 17.2 Å². The topological polar surface area (TPSA) is 98.2 Å². The Morgan fingerprint density at radius 1 is 1.28 bits per heavy atom. The van der Waals surface area contributed by atoms with Crippen LogP contribution in [-0.4, -0.2) is 52.0 Å². The molecule has 2 amide bonds. The quantitative estimate of drug-likeness (QED) is 0.295. The number of carbonyl (C=O) groups excluding carboxylic acids is 2. The van der Waals surface area contributed by atoms with Crippen molar-refractivity contribution >= 4 is 29.6 Å². The Bertz CT molecular complexity index is 622. The molecule has 1 aromatic carbocycles. The highest BCUT2D eigenvalue weighted by molar-refractivity contribution is 6.35. The molecule has 0 aliphatic heterocycles. The van der Waals surface area contributed by atoms with Gasteiger partial charge in [0.25, 0.3) is 0 Å². The lowest BCUT2D eigenvalue weighted by atomic mass is 10.2. The summed E-state index contributed by atoms with van der Waals surface area (Å²) in [6.45, 7) is 3.11. The molecule has 0 radical (unpaired) electrons. The largest absolute Gasteiger partial charge is 0.491 e. The van der Waals surface area contributed by atoms with Crippen LogP contribution in [0.25, 0.3) is 0 Å². The van der Waals surface area contributed by atoms with E-state index >= 15 is 0 Å². The fourth-order valence-corrected chi connectivity index (χ4v) is 2.13. The highest BCUT2D eigenvalue weighted by Crippen LogP contribution is 2.35. The average Bonchev–Trinajstić information content (AvgIpc) is 2.58. The third-order valence-corrected chi connectivity index (χ3v) is 3.21. The summed E-state index contributed by atoms with van der Waals surface area (Å²) in [7, 11) is 3.05. The van der Waals surface area contributed by atoms with Gasteiger partial charge in [-0.15, -0.1) is 0 Å². The summed E-state index contributed by atoms with van der Waals surface area (Å²) < 4.78 is 15.5. The lowest BCUT2D eigenvalue weighted by Gasteiger charge is -2.11. The van der Waals surface area contributed by atoms with Gasteiger partial charge >= 0.3 is 11.8 Å². The summed E-state index contributed by atoms with van der Waals surface area (Å²) in [5, 5.41) is 6.54. The van der Waals surface area contributed by atoms with Gasteiger partial charge < -0.3 is 19.5 Å². The first-order valence-electron chi connectivity index (χ1n) is 7.64. The summed E-state index contributed by atoms with van der Waals surface area (Å²) in [6, 6.07) is 3.26. The van der Waals surface area contributed by atoms with Gasteiger partial charge in [0.1, 0.15) is 0 Å². The molecular weight excluding hydrogens is 350 g/mol. The van der Waals surface area contributed by atoms with Gasteiger partial charge in [0.15, 0.2) is 11.5 Å². The Morgan fingerprint density at radius 2 is 2.04 bits per heavy atom. The SMILES string of the molecule is CCOc1cc(/C=N\NC(=O)C(=O)NCCCOC)cc(Cl)c1OC. The maximum atomic E-state index is 11.6. The number of nitrogens with zero attached hydrogens (tertiary/aromatic N) is 1. The number of ether oxygens (including phenoxy) is 3. The number of benzene rings is 1. The first kappa shape index (κ1) is 20.7. The minimum absolute atomic E-state index is 0.343. The minimum Gasteiger partial charge on any atom is -0.491 e. The zero-order valence-electron chi connectivity index (χ0n) is 14.4. The molecule has 0 aliphatic carbocycles. The van der Waals surface area contributed by atoms with Crippen molar-refractivity contribution in [3.05, 3.63) is 22.7 Å². The van der Waals surface area contributed by atoms with Crippen molar-refractivity contribution in [3.63, 3.8) is 0 Å². The Balaban J connectivity index is 2.63. The van der Waals surface area contributed by atoms with Gasteiger partial charge in [-0.05, 0) is 31.0 Å². The molecule has 1 aromatic rings. The van der Waals surface area contributed by atoms with Crippen molar-refractivity contribution in [2.24, 2.45) is 5.10 Å². The number of nitrogens with one attached hydrogen (secondary N) is 2. The summed E-state index contributed by atoms with van der Waals surface area (Å²) >= 11 is 6.12. The molecule has 0 bridgehead atoms. The molecule has 0 saturated carbocycles. The molecule has 0 saturated heterocycles. The Morgan fingerprint density at radius 3 is 2.68 bits per heavy atom. The van der Waals surface area contributed by atoms with Crippen molar-refractivity contribution < 1.29 is 23.8 Å². The summed E-state index contributed by atoms with van der Waals surface area (Å²) in [4.78, 5) is 23.1. The summed E-state index contributed by atoms with van der Waals surface area (Å²) in [5.41, 5.74) is 2.72. The third kappa shape index (κ3) is 6.98. The molecule has 0 spiro atoms. The van der Waals surface area contributed by atoms with E-state index in [0.29, 0.717) is 48.3 Å². The number of methoxy groups -OCH3 is 2. The van der Waals surface area contributed by atoms with E-state index < -0.39 is 11.8 Å². The Labute approximate surface area is 151 Å². The van der Waals surface area contributed by atoms with Gasteiger partial charge in [0, 0.05) is 20.3 Å². The lowest BCUT2D eigenvalue weighted by molar-refractivity contribution is -0.139. The van der Waals surface area contributed by atoms with E-state index in [2.05, 4.69) is 15.8 Å². The van der Waals surface area contributed by atoms with E-state index in [1.807, 2.05) is 6.92 Å². The van der Waals surface area contributed by atoms with Crippen LogP contribution in [0, 0.1) is 0 Å². The number of hydrazone groups is 1. The highest BCUT2D eigenvalue weighted by Gasteiger charge is 2.12. The van der Waals surface area contributed by atoms with E-state index in [1.165, 1.54) is 13.3 Å². The highest BCUT2D eigenvalue weighted by atomic mass is 35.5. The van der Waals surface area contributed by atoms with Crippen LogP contribution in [0.2, 0.25) is 5.02 Å². The van der Waals surface area contributed by atoms with Crippen molar-refractivity contribution in [2.75, 3.05) is 34.0 Å². The second-order valence-electron chi connectivity index (χ2n) is 4.77. The number of hydrogen-bond donors (Lipinski definition) is 2. The van der Waals surface area contributed by atoms with Crippen LogP contribution >= 0.6 is 11.6 Å². The first-order chi connectivity index (χ1) is 12.0. The van der Waals surface area contributed by atoms with E-state index in [1.54, 1.807) is 19.2 Å². The molecule has 9 heteroatoms. The second-order valence-corrected chi connectivity index (χ2v) is 5.18. The molecule has 0 unspecified atom stereocenters. The van der Waals surface area contributed by atoms with Crippen molar-refractivity contribution in [2.45, 2.75) is 13.3 Å². The van der Waals surface area contributed by atoms with Crippen LogP contribution in [-0.2, 0) is 14.3 Å². The standard InChI is InChI=1S/C16H22ClN3O5/c1-4-25-13-9-11(8-12(17)14(13)24-3)10-19-20-16(22)15(21)18-6-5-7-23-2/h8-10H,4-7H2,1-3H3,(H,18,21)(H,20,22)/b19-10-. The zero-order chi connectivity index (χ0) is 18.7. The number of hydrogen-bond acceptors (Lipinski definition) is 6. The fourth-order valence-electron chi connectivity index (χ4n) is 1.84. The number of carbonyl (C=O) groups is 2.